The molecule has 7 heteroatoms. The van der Waals surface area contributed by atoms with Crippen LogP contribution in [0.15, 0.2) is 12.3 Å². The number of aliphatic hydroxyl groups is 1. The minimum Gasteiger partial charge on any atom is -0.393 e. The van der Waals surface area contributed by atoms with Gasteiger partial charge in [0.2, 0.25) is 0 Å². The van der Waals surface area contributed by atoms with Crippen LogP contribution in [0.25, 0.3) is 0 Å². The van der Waals surface area contributed by atoms with Crippen LogP contribution < -0.4 is 0 Å². The summed E-state index contributed by atoms with van der Waals surface area (Å²) < 4.78 is 8.39. The van der Waals surface area contributed by atoms with Crippen LogP contribution in [0.1, 0.15) is 66.6 Å². The van der Waals surface area contributed by atoms with Crippen LogP contribution in [0.3, 0.4) is 0 Å². The van der Waals surface area contributed by atoms with E-state index < -0.39 is 0 Å². The number of aliphatic hydroxyl groups excluding tert-OH is 1. The molecule has 2 aliphatic heterocycles. The Balaban J connectivity index is 1.27. The van der Waals surface area contributed by atoms with Crippen molar-refractivity contribution in [3.8, 4) is 0 Å². The molecular formula is C21H30N4O2S. The van der Waals surface area contributed by atoms with Crippen molar-refractivity contribution in [3.05, 3.63) is 33.3 Å². The Hall–Kier alpha value is -1.28. The fraction of sp³-hybridized carbons (Fsp3) is 0.714. The van der Waals surface area contributed by atoms with Gasteiger partial charge in [0, 0.05) is 35.3 Å². The summed E-state index contributed by atoms with van der Waals surface area (Å²) >= 11 is 1.99. The van der Waals surface area contributed by atoms with Gasteiger partial charge in [0.1, 0.15) is 0 Å². The number of rotatable bonds is 4. The smallest absolute Gasteiger partial charge is 0.0969 e. The summed E-state index contributed by atoms with van der Waals surface area (Å²) in [6, 6.07) is 3.18. The van der Waals surface area contributed by atoms with Gasteiger partial charge in [-0.25, -0.2) is 4.68 Å². The molecule has 0 bridgehead atoms. The lowest BCUT2D eigenvalue weighted by Gasteiger charge is -2.47. The second kappa shape index (κ2) is 7.20. The standard InChI is InChI=1S/C21H30N4O2S/c1-3-18-10-19-20(28-18)4-7-27-21(19)5-6-24(14(2)11-21)12-15-13-25(23-22-15)16-8-17(26)9-16/h10,13-14,16-17,26H,3-9,11-12H2,1-2H3/t14-,16-,17-,21+/m0/s1. The maximum Gasteiger partial charge on any atom is 0.0969 e. The zero-order valence-electron chi connectivity index (χ0n) is 16.8. The van der Waals surface area contributed by atoms with Crippen molar-refractivity contribution in [2.45, 2.75) is 82.7 Å². The van der Waals surface area contributed by atoms with Crippen molar-refractivity contribution in [1.82, 2.24) is 19.9 Å². The Morgan fingerprint density at radius 1 is 1.39 bits per heavy atom. The molecule has 0 aromatic carbocycles. The molecule has 1 saturated heterocycles. The zero-order chi connectivity index (χ0) is 19.3. The highest BCUT2D eigenvalue weighted by molar-refractivity contribution is 7.12. The number of fused-ring (bicyclic) bond motifs is 2. The lowest BCUT2D eigenvalue weighted by atomic mass is 9.79. The maximum atomic E-state index is 9.51. The van der Waals surface area contributed by atoms with Gasteiger partial charge in [0.05, 0.1) is 36.2 Å². The Morgan fingerprint density at radius 2 is 2.25 bits per heavy atom. The van der Waals surface area contributed by atoms with Crippen LogP contribution in [0.5, 0.6) is 0 Å². The molecule has 28 heavy (non-hydrogen) atoms. The topological polar surface area (TPSA) is 63.4 Å². The van der Waals surface area contributed by atoms with Crippen molar-refractivity contribution in [2.75, 3.05) is 13.2 Å². The van der Waals surface area contributed by atoms with E-state index in [4.69, 9.17) is 4.74 Å². The number of piperidine rings is 1. The minimum absolute atomic E-state index is 0.0902. The van der Waals surface area contributed by atoms with Gasteiger partial charge in [0.25, 0.3) is 0 Å². The Labute approximate surface area is 170 Å². The summed E-state index contributed by atoms with van der Waals surface area (Å²) in [5.41, 5.74) is 2.41. The van der Waals surface area contributed by atoms with E-state index in [0.717, 1.165) is 63.9 Å². The Morgan fingerprint density at radius 3 is 3.00 bits per heavy atom. The fourth-order valence-corrected chi connectivity index (χ4v) is 6.24. The zero-order valence-corrected chi connectivity index (χ0v) is 17.6. The summed E-state index contributed by atoms with van der Waals surface area (Å²) in [4.78, 5) is 5.55. The van der Waals surface area contributed by atoms with Gasteiger partial charge in [-0.1, -0.05) is 12.1 Å². The molecule has 4 heterocycles. The highest BCUT2D eigenvalue weighted by Gasteiger charge is 2.44. The third kappa shape index (κ3) is 3.22. The van der Waals surface area contributed by atoms with Crippen molar-refractivity contribution >= 4 is 11.3 Å². The van der Waals surface area contributed by atoms with Crippen molar-refractivity contribution in [1.29, 1.82) is 0 Å². The van der Waals surface area contributed by atoms with E-state index in [1.165, 1.54) is 10.4 Å². The third-order valence-corrected chi connectivity index (χ3v) is 8.18. The van der Waals surface area contributed by atoms with E-state index in [1.807, 2.05) is 16.0 Å². The van der Waals surface area contributed by atoms with Gasteiger partial charge in [-0.15, -0.1) is 16.4 Å². The normalized spacial score (nSPS) is 33.0. The van der Waals surface area contributed by atoms with Crippen LogP contribution in [0.2, 0.25) is 0 Å². The average molecular weight is 403 g/mol. The van der Waals surface area contributed by atoms with Gasteiger partial charge in [-0.3, -0.25) is 4.90 Å². The minimum atomic E-state index is -0.165. The average Bonchev–Trinajstić information content (AvgIpc) is 3.29. The van der Waals surface area contributed by atoms with Crippen LogP contribution in [0, 0.1) is 0 Å². The predicted molar refractivity (Wildman–Crippen MR) is 108 cm³/mol. The third-order valence-electron chi connectivity index (χ3n) is 6.84. The van der Waals surface area contributed by atoms with E-state index >= 15 is 0 Å². The predicted octanol–water partition coefficient (Wildman–Crippen LogP) is 3.05. The first-order valence-electron chi connectivity index (χ1n) is 10.6. The van der Waals surface area contributed by atoms with Crippen LogP contribution in [-0.2, 0) is 29.7 Å². The lowest BCUT2D eigenvalue weighted by Crippen LogP contribution is -2.50. The van der Waals surface area contributed by atoms with E-state index in [1.54, 1.807) is 4.88 Å². The van der Waals surface area contributed by atoms with Gasteiger partial charge in [0.15, 0.2) is 0 Å². The first kappa shape index (κ1) is 18.7. The molecule has 0 unspecified atom stereocenters. The number of aryl methyl sites for hydroxylation is 1. The molecule has 1 N–H and O–H groups in total. The van der Waals surface area contributed by atoms with Crippen molar-refractivity contribution in [3.63, 3.8) is 0 Å². The first-order valence-corrected chi connectivity index (χ1v) is 11.5. The highest BCUT2D eigenvalue weighted by atomic mass is 32.1. The second-order valence-electron chi connectivity index (χ2n) is 8.74. The molecule has 2 aromatic rings. The fourth-order valence-electron chi connectivity index (χ4n) is 5.06. The SMILES string of the molecule is CCc1cc2c(s1)CCO[C@@]21CCN(Cc2cn([C@H]3C[C@H](O)C3)nn2)[C@@H](C)C1. The lowest BCUT2D eigenvalue weighted by molar-refractivity contribution is -0.112. The van der Waals surface area contributed by atoms with Gasteiger partial charge in [-0.05, 0) is 50.7 Å². The summed E-state index contributed by atoms with van der Waals surface area (Å²) in [6.45, 7) is 7.27. The molecule has 152 valence electrons. The second-order valence-corrected chi connectivity index (χ2v) is 9.96. The summed E-state index contributed by atoms with van der Waals surface area (Å²) in [5.74, 6) is 0. The number of hydrogen-bond acceptors (Lipinski definition) is 6. The molecule has 0 radical (unpaired) electrons. The van der Waals surface area contributed by atoms with E-state index in [2.05, 4.69) is 41.3 Å². The molecule has 1 spiro atoms. The number of aromatic nitrogens is 3. The van der Waals surface area contributed by atoms with E-state index in [0.29, 0.717) is 12.1 Å². The van der Waals surface area contributed by atoms with Crippen LogP contribution in [0.4, 0.5) is 0 Å². The first-order chi connectivity index (χ1) is 13.6. The number of nitrogens with zero attached hydrogens (tertiary/aromatic N) is 4. The molecular weight excluding hydrogens is 372 g/mol. The molecule has 6 nitrogen and oxygen atoms in total. The molecule has 5 rings (SSSR count). The van der Waals surface area contributed by atoms with Crippen LogP contribution >= 0.6 is 11.3 Å². The molecule has 1 aliphatic carbocycles. The molecule has 2 atom stereocenters. The van der Waals surface area contributed by atoms with Gasteiger partial charge >= 0.3 is 0 Å². The molecule has 1 saturated carbocycles. The van der Waals surface area contributed by atoms with E-state index in [-0.39, 0.29) is 11.7 Å². The Bertz CT molecular complexity index is 843. The summed E-state index contributed by atoms with van der Waals surface area (Å²) in [6.07, 6.45) is 7.77. The number of thiophene rings is 1. The van der Waals surface area contributed by atoms with Crippen molar-refractivity contribution < 1.29 is 9.84 Å². The highest BCUT2D eigenvalue weighted by Crippen LogP contribution is 2.46. The summed E-state index contributed by atoms with van der Waals surface area (Å²) in [7, 11) is 0. The Kier molecular flexibility index (Phi) is 4.82. The number of likely N-dealkylation sites (tertiary alicyclic amines) is 1. The van der Waals surface area contributed by atoms with Crippen LogP contribution in [-0.4, -0.2) is 50.3 Å². The number of hydrogen-bond donors (Lipinski definition) is 1. The van der Waals surface area contributed by atoms with Gasteiger partial charge in [-0.2, -0.15) is 0 Å². The van der Waals surface area contributed by atoms with E-state index in [9.17, 15) is 5.11 Å². The largest absolute Gasteiger partial charge is 0.393 e. The van der Waals surface area contributed by atoms with Gasteiger partial charge < -0.3 is 9.84 Å². The molecule has 2 fully saturated rings. The molecule has 3 aliphatic rings. The maximum absolute atomic E-state index is 9.51. The summed E-state index contributed by atoms with van der Waals surface area (Å²) in [5, 5.41) is 18.2. The van der Waals surface area contributed by atoms with Crippen molar-refractivity contribution in [2.24, 2.45) is 0 Å². The molecule has 2 aromatic heterocycles. The molecule has 0 amide bonds. The monoisotopic (exact) mass is 402 g/mol. The number of ether oxygens (including phenoxy) is 1. The quantitative estimate of drug-likeness (QED) is 0.852.